The summed E-state index contributed by atoms with van der Waals surface area (Å²) >= 11 is 1.05. The largest absolute Gasteiger partial charge is 0.433 e. The summed E-state index contributed by atoms with van der Waals surface area (Å²) in [6, 6.07) is 2.19. The molecule has 1 aliphatic rings. The van der Waals surface area contributed by atoms with Crippen LogP contribution in [0.5, 0.6) is 0 Å². The number of imidazole rings is 1. The lowest BCUT2D eigenvalue weighted by molar-refractivity contribution is -0.141. The van der Waals surface area contributed by atoms with Gasteiger partial charge in [-0.15, -0.1) is 11.3 Å². The van der Waals surface area contributed by atoms with Gasteiger partial charge in [-0.1, -0.05) is 6.92 Å². The predicted molar refractivity (Wildman–Crippen MR) is 110 cm³/mol. The fraction of sp³-hybridized carbons (Fsp3) is 0.368. The van der Waals surface area contributed by atoms with Crippen molar-refractivity contribution < 1.29 is 26.0 Å². The van der Waals surface area contributed by atoms with Crippen molar-refractivity contribution in [3.8, 4) is 11.5 Å². The third kappa shape index (κ3) is 3.25. The molecular weight excluding hydrogens is 470 g/mol. The number of sulfone groups is 1. The van der Waals surface area contributed by atoms with Gasteiger partial charge in [0.25, 0.3) is 0 Å². The molecule has 0 aliphatic heterocycles. The fourth-order valence-corrected chi connectivity index (χ4v) is 5.57. The molecule has 168 valence electrons. The lowest BCUT2D eigenvalue weighted by atomic mass is 10.3. The molecule has 0 spiro atoms. The fourth-order valence-electron chi connectivity index (χ4n) is 3.37. The quantitative estimate of drug-likeness (QED) is 0.398. The number of aromatic nitrogens is 5. The molecule has 0 N–H and O–H groups in total. The zero-order valence-electron chi connectivity index (χ0n) is 16.7. The smallest absolute Gasteiger partial charge is 0.324 e. The van der Waals surface area contributed by atoms with Crippen LogP contribution in [0.1, 0.15) is 30.5 Å². The molecule has 0 bridgehead atoms. The number of hydrogen-bond acceptors (Lipinski definition) is 7. The Morgan fingerprint density at radius 2 is 1.91 bits per heavy atom. The molecule has 4 aromatic rings. The van der Waals surface area contributed by atoms with E-state index >= 15 is 0 Å². The molecule has 1 saturated carbocycles. The maximum atomic E-state index is 14.5. The topological polar surface area (TPSA) is 90.6 Å². The maximum absolute atomic E-state index is 14.5. The summed E-state index contributed by atoms with van der Waals surface area (Å²) in [5.41, 5.74) is -2.23. The second-order valence-corrected chi connectivity index (χ2v) is 10.9. The molecular formula is C19H15F4N5O2S2. The highest BCUT2D eigenvalue weighted by Gasteiger charge is 2.48. The number of hydrogen-bond donors (Lipinski definition) is 0. The summed E-state index contributed by atoms with van der Waals surface area (Å²) in [6.45, 7) is 1.47. The summed E-state index contributed by atoms with van der Waals surface area (Å²) in [4.78, 5) is 16.2. The molecule has 13 heteroatoms. The average Bonchev–Trinajstić information content (AvgIpc) is 3.20. The van der Waals surface area contributed by atoms with Gasteiger partial charge in [0, 0.05) is 7.05 Å². The van der Waals surface area contributed by atoms with E-state index < -0.39 is 27.4 Å². The van der Waals surface area contributed by atoms with E-state index in [-0.39, 0.29) is 43.9 Å². The van der Waals surface area contributed by atoms with Crippen LogP contribution in [0.4, 0.5) is 17.6 Å². The van der Waals surface area contributed by atoms with Crippen LogP contribution in [0.15, 0.2) is 23.2 Å². The number of fused-ring (bicyclic) bond motifs is 2. The summed E-state index contributed by atoms with van der Waals surface area (Å²) in [7, 11) is -2.26. The molecule has 5 rings (SSSR count). The number of halogens is 4. The van der Waals surface area contributed by atoms with E-state index in [1.165, 1.54) is 24.6 Å². The van der Waals surface area contributed by atoms with Gasteiger partial charge < -0.3 is 4.57 Å². The van der Waals surface area contributed by atoms with E-state index in [0.29, 0.717) is 17.5 Å². The first-order chi connectivity index (χ1) is 14.9. The molecule has 4 heterocycles. The number of pyridine rings is 2. The Morgan fingerprint density at radius 1 is 1.19 bits per heavy atom. The van der Waals surface area contributed by atoms with E-state index in [0.717, 1.165) is 23.6 Å². The van der Waals surface area contributed by atoms with Crippen molar-refractivity contribution in [3.05, 3.63) is 29.0 Å². The second kappa shape index (κ2) is 6.67. The normalized spacial score (nSPS) is 16.2. The van der Waals surface area contributed by atoms with Gasteiger partial charge in [0.05, 0.1) is 32.6 Å². The lowest BCUT2D eigenvalue weighted by Gasteiger charge is -2.09. The van der Waals surface area contributed by atoms with Crippen LogP contribution in [0.25, 0.3) is 32.9 Å². The van der Waals surface area contributed by atoms with Crippen molar-refractivity contribution in [1.82, 2.24) is 24.5 Å². The molecule has 0 amide bonds. The van der Waals surface area contributed by atoms with Crippen LogP contribution < -0.4 is 0 Å². The number of aryl methyl sites for hydroxylation is 1. The van der Waals surface area contributed by atoms with Crippen molar-refractivity contribution >= 4 is 42.6 Å². The second-order valence-electron chi connectivity index (χ2n) is 7.60. The van der Waals surface area contributed by atoms with E-state index in [9.17, 15) is 26.0 Å². The SMILES string of the molecule is CCS(=O)(=O)c1cc2sc(C3(F)CC3)nc2nc1-c1nc2cc(C(F)(F)F)ncc2n1C. The summed E-state index contributed by atoms with van der Waals surface area (Å²) < 4.78 is 81.2. The van der Waals surface area contributed by atoms with E-state index in [2.05, 4.69) is 19.9 Å². The van der Waals surface area contributed by atoms with Crippen LogP contribution >= 0.6 is 11.3 Å². The van der Waals surface area contributed by atoms with Crippen LogP contribution in [0.3, 0.4) is 0 Å². The van der Waals surface area contributed by atoms with Crippen LogP contribution in [0, 0.1) is 0 Å². The third-order valence-corrected chi connectivity index (χ3v) is 8.32. The van der Waals surface area contributed by atoms with Crippen molar-refractivity contribution in [2.45, 2.75) is 36.5 Å². The van der Waals surface area contributed by atoms with Gasteiger partial charge >= 0.3 is 6.18 Å². The standard InChI is InChI=1S/C19H15F4N5O2S2/c1-3-32(29,30)12-7-11-15(27-17(31-11)18(20)4-5-18)26-14(12)16-25-9-6-13(19(21,22)23)24-8-10(9)28(16)2/h6-8H,3-5H2,1-2H3. The Bertz CT molecular complexity index is 1500. The molecule has 0 atom stereocenters. The Kier molecular flexibility index (Phi) is 4.42. The van der Waals surface area contributed by atoms with Crippen LogP contribution in [-0.2, 0) is 28.7 Å². The van der Waals surface area contributed by atoms with Gasteiger partial charge in [-0.3, -0.25) is 0 Å². The Morgan fingerprint density at radius 3 is 2.53 bits per heavy atom. The summed E-state index contributed by atoms with van der Waals surface area (Å²) in [6.07, 6.45) is -2.93. The van der Waals surface area contributed by atoms with Crippen molar-refractivity contribution in [1.29, 1.82) is 0 Å². The summed E-state index contributed by atoms with van der Waals surface area (Å²) in [5, 5.41) is 0.237. The van der Waals surface area contributed by atoms with E-state index in [4.69, 9.17) is 0 Å². The Labute approximate surface area is 183 Å². The Balaban J connectivity index is 1.77. The van der Waals surface area contributed by atoms with E-state index in [1.807, 2.05) is 0 Å². The number of thiazole rings is 1. The number of alkyl halides is 4. The van der Waals surface area contributed by atoms with Gasteiger partial charge in [0.2, 0.25) is 0 Å². The monoisotopic (exact) mass is 485 g/mol. The molecule has 1 fully saturated rings. The first-order valence-electron chi connectivity index (χ1n) is 9.57. The molecule has 0 radical (unpaired) electrons. The number of nitrogens with zero attached hydrogens (tertiary/aromatic N) is 5. The highest BCUT2D eigenvalue weighted by Crippen LogP contribution is 2.51. The lowest BCUT2D eigenvalue weighted by Crippen LogP contribution is -2.09. The first kappa shape index (κ1) is 21.2. The maximum Gasteiger partial charge on any atom is 0.433 e. The van der Waals surface area contributed by atoms with E-state index in [1.54, 1.807) is 0 Å². The van der Waals surface area contributed by atoms with Crippen molar-refractivity contribution in [2.75, 3.05) is 5.75 Å². The molecule has 0 saturated heterocycles. The number of rotatable bonds is 4. The molecule has 0 unspecified atom stereocenters. The zero-order chi connectivity index (χ0) is 23.1. The minimum absolute atomic E-state index is 0.00812. The van der Waals surface area contributed by atoms with Crippen molar-refractivity contribution in [3.63, 3.8) is 0 Å². The van der Waals surface area contributed by atoms with Crippen LogP contribution in [-0.4, -0.2) is 38.7 Å². The van der Waals surface area contributed by atoms with Crippen molar-refractivity contribution in [2.24, 2.45) is 7.05 Å². The molecule has 7 nitrogen and oxygen atoms in total. The molecule has 4 aromatic heterocycles. The van der Waals surface area contributed by atoms with Gasteiger partial charge in [-0.25, -0.2) is 32.7 Å². The minimum Gasteiger partial charge on any atom is -0.324 e. The highest BCUT2D eigenvalue weighted by molar-refractivity contribution is 7.91. The van der Waals surface area contributed by atoms with Crippen LogP contribution in [0.2, 0.25) is 0 Å². The molecule has 32 heavy (non-hydrogen) atoms. The van der Waals surface area contributed by atoms with Gasteiger partial charge in [0.15, 0.2) is 27.0 Å². The third-order valence-electron chi connectivity index (χ3n) is 5.40. The summed E-state index contributed by atoms with van der Waals surface area (Å²) in [5.74, 6) is -0.179. The highest BCUT2D eigenvalue weighted by atomic mass is 32.2. The first-order valence-corrected chi connectivity index (χ1v) is 12.0. The van der Waals surface area contributed by atoms with Gasteiger partial charge in [-0.05, 0) is 25.0 Å². The Hall–Kier alpha value is -2.67. The predicted octanol–water partition coefficient (Wildman–Crippen LogP) is 4.41. The average molecular weight is 485 g/mol. The molecule has 0 aromatic carbocycles. The minimum atomic E-state index is -4.65. The molecule has 1 aliphatic carbocycles. The van der Waals surface area contributed by atoms with Gasteiger partial charge in [-0.2, -0.15) is 13.2 Å². The van der Waals surface area contributed by atoms with Gasteiger partial charge in [0.1, 0.15) is 16.4 Å². The zero-order valence-corrected chi connectivity index (χ0v) is 18.4.